The zero-order valence-corrected chi connectivity index (χ0v) is 13.0. The van der Waals surface area contributed by atoms with Crippen LogP contribution in [-0.2, 0) is 33.2 Å². The lowest BCUT2D eigenvalue weighted by atomic mass is 9.99. The fourth-order valence-electron chi connectivity index (χ4n) is 3.10. The van der Waals surface area contributed by atoms with Gasteiger partial charge in [-0.3, -0.25) is 0 Å². The summed E-state index contributed by atoms with van der Waals surface area (Å²) in [6.07, 6.45) is -2.58. The van der Waals surface area contributed by atoms with Gasteiger partial charge in [0, 0.05) is 7.11 Å². The Hall–Kier alpha value is -0.730. The molecular weight excluding hydrogens is 280 g/mol. The molecule has 0 bridgehead atoms. The second-order valence-corrected chi connectivity index (χ2v) is 6.49. The number of esters is 1. The van der Waals surface area contributed by atoms with Gasteiger partial charge in [0.15, 0.2) is 23.8 Å². The van der Waals surface area contributed by atoms with Crippen LogP contribution >= 0.6 is 0 Å². The molecule has 0 aromatic carbocycles. The molecule has 120 valence electrons. The molecule has 3 rings (SSSR count). The summed E-state index contributed by atoms with van der Waals surface area (Å²) in [6, 6.07) is 0. The lowest BCUT2D eigenvalue weighted by Crippen LogP contribution is -2.59. The number of carbonyl (C=O) groups is 1. The molecule has 0 aromatic rings. The Morgan fingerprint density at radius 1 is 1.00 bits per heavy atom. The van der Waals surface area contributed by atoms with Crippen molar-refractivity contribution in [2.75, 3.05) is 13.7 Å². The minimum Gasteiger partial charge on any atom is -0.455 e. The third-order valence-electron chi connectivity index (χ3n) is 3.92. The third kappa shape index (κ3) is 2.68. The lowest BCUT2D eigenvalue weighted by Gasteiger charge is -2.44. The summed E-state index contributed by atoms with van der Waals surface area (Å²) in [5.41, 5.74) is 0. The van der Waals surface area contributed by atoms with E-state index in [0.717, 1.165) is 0 Å². The van der Waals surface area contributed by atoms with Crippen LogP contribution in [0.2, 0.25) is 0 Å². The molecule has 21 heavy (non-hydrogen) atoms. The summed E-state index contributed by atoms with van der Waals surface area (Å²) in [4.78, 5) is 11.9. The van der Waals surface area contributed by atoms with Gasteiger partial charge in [-0.05, 0) is 27.7 Å². The van der Waals surface area contributed by atoms with Gasteiger partial charge in [0.2, 0.25) is 0 Å². The summed E-state index contributed by atoms with van der Waals surface area (Å²) < 4.78 is 33.8. The normalized spacial score (nSPS) is 44.4. The molecule has 0 aliphatic carbocycles. The topological polar surface area (TPSA) is 72.5 Å². The van der Waals surface area contributed by atoms with E-state index < -0.39 is 42.0 Å². The van der Waals surface area contributed by atoms with E-state index in [1.807, 2.05) is 13.8 Å². The average Bonchev–Trinajstić information content (AvgIpc) is 2.86. The molecule has 0 radical (unpaired) electrons. The van der Waals surface area contributed by atoms with Crippen LogP contribution in [-0.4, -0.2) is 61.8 Å². The van der Waals surface area contributed by atoms with Crippen molar-refractivity contribution in [2.24, 2.45) is 0 Å². The van der Waals surface area contributed by atoms with Gasteiger partial charge < -0.3 is 28.4 Å². The first-order valence-corrected chi connectivity index (χ1v) is 7.13. The first kappa shape index (κ1) is 15.2. The van der Waals surface area contributed by atoms with Gasteiger partial charge in [0.1, 0.15) is 18.3 Å². The largest absolute Gasteiger partial charge is 0.455 e. The number of hydrogen-bond acceptors (Lipinski definition) is 7. The van der Waals surface area contributed by atoms with Crippen LogP contribution in [0.4, 0.5) is 0 Å². The minimum absolute atomic E-state index is 0.320. The maximum Gasteiger partial charge on any atom is 0.338 e. The fourth-order valence-corrected chi connectivity index (χ4v) is 3.10. The van der Waals surface area contributed by atoms with Crippen LogP contribution in [0, 0.1) is 0 Å². The quantitative estimate of drug-likeness (QED) is 0.692. The van der Waals surface area contributed by atoms with Crippen molar-refractivity contribution in [3.8, 4) is 0 Å². The average molecular weight is 302 g/mol. The van der Waals surface area contributed by atoms with E-state index in [-0.39, 0.29) is 6.10 Å². The van der Waals surface area contributed by atoms with Crippen molar-refractivity contribution in [3.63, 3.8) is 0 Å². The summed E-state index contributed by atoms with van der Waals surface area (Å²) in [5.74, 6) is -1.96. The van der Waals surface area contributed by atoms with Gasteiger partial charge >= 0.3 is 5.97 Å². The predicted molar refractivity (Wildman–Crippen MR) is 69.4 cm³/mol. The van der Waals surface area contributed by atoms with Gasteiger partial charge in [0.05, 0.1) is 6.61 Å². The molecule has 0 spiro atoms. The van der Waals surface area contributed by atoms with Crippen molar-refractivity contribution in [1.29, 1.82) is 0 Å². The van der Waals surface area contributed by atoms with Gasteiger partial charge in [-0.2, -0.15) is 0 Å². The molecule has 0 saturated carbocycles. The maximum atomic E-state index is 11.9. The Morgan fingerprint density at radius 2 is 1.67 bits per heavy atom. The van der Waals surface area contributed by atoms with E-state index in [1.54, 1.807) is 13.8 Å². The Bertz CT molecular complexity index is 433. The van der Waals surface area contributed by atoms with Gasteiger partial charge in [0.25, 0.3) is 0 Å². The predicted octanol–water partition coefficient (Wildman–Crippen LogP) is 0.598. The van der Waals surface area contributed by atoms with Crippen molar-refractivity contribution in [1.82, 2.24) is 0 Å². The third-order valence-corrected chi connectivity index (χ3v) is 3.92. The number of hydrogen-bond donors (Lipinski definition) is 0. The zero-order valence-electron chi connectivity index (χ0n) is 13.0. The molecule has 5 atom stereocenters. The van der Waals surface area contributed by atoms with Crippen LogP contribution < -0.4 is 0 Å². The SMILES string of the molecule is CO[C@H]1C(=O)O[C@@H]2[C@H]1OC(C)(C)O[C@@H]2[C@H]1COC(C)(C)O1. The van der Waals surface area contributed by atoms with Gasteiger partial charge in [-0.25, -0.2) is 4.79 Å². The minimum atomic E-state index is -0.854. The Morgan fingerprint density at radius 3 is 2.24 bits per heavy atom. The maximum absolute atomic E-state index is 11.9. The summed E-state index contributed by atoms with van der Waals surface area (Å²) in [5, 5.41) is 0. The smallest absolute Gasteiger partial charge is 0.338 e. The Balaban J connectivity index is 1.84. The lowest BCUT2D eigenvalue weighted by molar-refractivity contribution is -0.342. The molecule has 0 unspecified atom stereocenters. The molecule has 0 amide bonds. The fraction of sp³-hybridized carbons (Fsp3) is 0.929. The van der Waals surface area contributed by atoms with E-state index in [1.165, 1.54) is 7.11 Å². The number of carbonyl (C=O) groups excluding carboxylic acids is 1. The second kappa shape index (κ2) is 4.89. The van der Waals surface area contributed by atoms with Crippen LogP contribution in [0.5, 0.6) is 0 Å². The highest BCUT2D eigenvalue weighted by atomic mass is 16.8. The van der Waals surface area contributed by atoms with Crippen LogP contribution in [0.15, 0.2) is 0 Å². The highest BCUT2D eigenvalue weighted by Gasteiger charge is 2.59. The zero-order chi connectivity index (χ0) is 15.4. The van der Waals surface area contributed by atoms with Crippen molar-refractivity contribution >= 4 is 5.97 Å². The summed E-state index contributed by atoms with van der Waals surface area (Å²) in [6.45, 7) is 7.66. The van der Waals surface area contributed by atoms with E-state index in [2.05, 4.69) is 0 Å². The summed E-state index contributed by atoms with van der Waals surface area (Å²) in [7, 11) is 1.47. The van der Waals surface area contributed by atoms with Crippen LogP contribution in [0.25, 0.3) is 0 Å². The Labute approximate surface area is 123 Å². The van der Waals surface area contributed by atoms with E-state index in [0.29, 0.717) is 6.61 Å². The first-order chi connectivity index (χ1) is 9.72. The van der Waals surface area contributed by atoms with Gasteiger partial charge in [-0.15, -0.1) is 0 Å². The standard InChI is InChI=1S/C14H22O7/c1-13(2)17-6-7(19-13)8-9-10(21-14(3,4)20-8)11(16-5)12(15)18-9/h7-11H,6H2,1-5H3/t7-,8-,9+,10-,11-/m1/s1. The molecule has 0 aromatic heterocycles. The molecule has 0 N–H and O–H groups in total. The van der Waals surface area contributed by atoms with Crippen LogP contribution in [0.3, 0.4) is 0 Å². The molecule has 7 nitrogen and oxygen atoms in total. The molecule has 3 heterocycles. The number of ether oxygens (including phenoxy) is 6. The van der Waals surface area contributed by atoms with E-state index in [9.17, 15) is 4.79 Å². The Kier molecular flexibility index (Phi) is 3.53. The van der Waals surface area contributed by atoms with Crippen molar-refractivity contribution < 1.29 is 33.2 Å². The molecular formula is C14H22O7. The van der Waals surface area contributed by atoms with Crippen molar-refractivity contribution in [2.45, 2.75) is 69.8 Å². The highest BCUT2D eigenvalue weighted by molar-refractivity contribution is 5.78. The second-order valence-electron chi connectivity index (χ2n) is 6.49. The molecule has 3 aliphatic heterocycles. The monoisotopic (exact) mass is 302 g/mol. The molecule has 7 heteroatoms. The molecule has 3 aliphatic rings. The van der Waals surface area contributed by atoms with Gasteiger partial charge in [-0.1, -0.05) is 0 Å². The molecule has 3 saturated heterocycles. The number of rotatable bonds is 2. The first-order valence-electron chi connectivity index (χ1n) is 7.13. The molecule has 3 fully saturated rings. The van der Waals surface area contributed by atoms with Crippen molar-refractivity contribution in [3.05, 3.63) is 0 Å². The van der Waals surface area contributed by atoms with E-state index in [4.69, 9.17) is 28.4 Å². The highest BCUT2D eigenvalue weighted by Crippen LogP contribution is 2.39. The summed E-state index contributed by atoms with van der Waals surface area (Å²) >= 11 is 0. The van der Waals surface area contributed by atoms with Crippen LogP contribution in [0.1, 0.15) is 27.7 Å². The number of methoxy groups -OCH3 is 1. The number of fused-ring (bicyclic) bond motifs is 1. The van der Waals surface area contributed by atoms with E-state index >= 15 is 0 Å².